The Kier molecular flexibility index (Phi) is 6.60. The van der Waals surface area contributed by atoms with Crippen molar-refractivity contribution in [1.29, 1.82) is 0 Å². The normalized spacial score (nSPS) is 16.8. The molecule has 1 aliphatic heterocycles. The van der Waals surface area contributed by atoms with Gasteiger partial charge in [0.05, 0.1) is 0 Å². The van der Waals surface area contributed by atoms with Crippen LogP contribution in [0, 0.1) is 13.8 Å². The molecule has 0 amide bonds. The fourth-order valence-corrected chi connectivity index (χ4v) is 3.68. The van der Waals surface area contributed by atoms with E-state index < -0.39 is 0 Å². The van der Waals surface area contributed by atoms with E-state index in [9.17, 15) is 0 Å². The average molecular weight is 287 g/mol. The second-order valence-electron chi connectivity index (χ2n) is 6.89. The molecule has 1 nitrogen and oxygen atoms in total. The van der Waals surface area contributed by atoms with E-state index in [1.807, 2.05) is 0 Å². The molecule has 1 N–H and O–H groups in total. The van der Waals surface area contributed by atoms with Crippen molar-refractivity contribution in [2.24, 2.45) is 0 Å². The molecule has 0 radical (unpaired) electrons. The maximum atomic E-state index is 3.62. The van der Waals surface area contributed by atoms with Gasteiger partial charge in [0.2, 0.25) is 0 Å². The van der Waals surface area contributed by atoms with E-state index in [2.05, 4.69) is 38.2 Å². The van der Waals surface area contributed by atoms with Gasteiger partial charge in [-0.25, -0.2) is 0 Å². The molecule has 1 unspecified atom stereocenters. The molecule has 0 fully saturated rings. The molecule has 0 aromatic heterocycles. The summed E-state index contributed by atoms with van der Waals surface area (Å²) >= 11 is 0. The zero-order valence-corrected chi connectivity index (χ0v) is 14.3. The molecule has 1 aromatic carbocycles. The molecule has 0 bridgehead atoms. The highest BCUT2D eigenvalue weighted by molar-refractivity contribution is 5.63. The quantitative estimate of drug-likeness (QED) is 0.522. The van der Waals surface area contributed by atoms with E-state index in [-0.39, 0.29) is 0 Å². The Morgan fingerprint density at radius 3 is 2.33 bits per heavy atom. The predicted octanol–water partition coefficient (Wildman–Crippen LogP) is 6.34. The summed E-state index contributed by atoms with van der Waals surface area (Å²) in [7, 11) is 0. The maximum absolute atomic E-state index is 3.62. The van der Waals surface area contributed by atoms with Crippen molar-refractivity contribution in [2.75, 3.05) is 11.9 Å². The van der Waals surface area contributed by atoms with Crippen molar-refractivity contribution in [3.63, 3.8) is 0 Å². The first-order chi connectivity index (χ1) is 10.2. The number of fused-ring (bicyclic) bond motifs is 1. The SMILES string of the molecule is CCCCCCCCCCC1CNc2c(C)cc(C)cc21. The topological polar surface area (TPSA) is 12.0 Å². The van der Waals surface area contributed by atoms with E-state index in [1.165, 1.54) is 74.6 Å². The van der Waals surface area contributed by atoms with Gasteiger partial charge in [-0.3, -0.25) is 0 Å². The van der Waals surface area contributed by atoms with Crippen LogP contribution >= 0.6 is 0 Å². The molecule has 1 heteroatoms. The van der Waals surface area contributed by atoms with Crippen molar-refractivity contribution >= 4 is 5.69 Å². The van der Waals surface area contributed by atoms with E-state index >= 15 is 0 Å². The highest BCUT2D eigenvalue weighted by Crippen LogP contribution is 2.37. The predicted molar refractivity (Wildman–Crippen MR) is 94.4 cm³/mol. The van der Waals surface area contributed by atoms with Gasteiger partial charge in [-0.15, -0.1) is 0 Å². The molecule has 118 valence electrons. The molecule has 1 aromatic rings. The standard InChI is InChI=1S/C20H33N/c1-4-5-6-7-8-9-10-11-12-18-15-21-20-17(3)13-16(2)14-19(18)20/h13-14,18,21H,4-12,15H2,1-3H3. The van der Waals surface area contributed by atoms with Crippen LogP contribution in [0.1, 0.15) is 87.3 Å². The van der Waals surface area contributed by atoms with Gasteiger partial charge < -0.3 is 5.32 Å². The van der Waals surface area contributed by atoms with E-state index in [4.69, 9.17) is 0 Å². The fourth-order valence-electron chi connectivity index (χ4n) is 3.68. The molecule has 0 spiro atoms. The minimum Gasteiger partial charge on any atom is -0.384 e. The lowest BCUT2D eigenvalue weighted by Crippen LogP contribution is -2.01. The molecule has 0 saturated heterocycles. The number of hydrogen-bond donors (Lipinski definition) is 1. The summed E-state index contributed by atoms with van der Waals surface area (Å²) < 4.78 is 0. The van der Waals surface area contributed by atoms with E-state index in [1.54, 1.807) is 5.56 Å². The van der Waals surface area contributed by atoms with Gasteiger partial charge in [0, 0.05) is 18.2 Å². The number of rotatable bonds is 9. The third-order valence-electron chi connectivity index (χ3n) is 4.88. The summed E-state index contributed by atoms with van der Waals surface area (Å²) in [6.45, 7) is 7.89. The number of hydrogen-bond acceptors (Lipinski definition) is 1. The smallest absolute Gasteiger partial charge is 0.0406 e. The second kappa shape index (κ2) is 8.46. The van der Waals surface area contributed by atoms with E-state index in [0.29, 0.717) is 0 Å². The summed E-state index contributed by atoms with van der Waals surface area (Å²) in [5, 5.41) is 3.62. The fraction of sp³-hybridized carbons (Fsp3) is 0.700. The van der Waals surface area contributed by atoms with E-state index in [0.717, 1.165) is 12.5 Å². The lowest BCUT2D eigenvalue weighted by atomic mass is 9.92. The lowest BCUT2D eigenvalue weighted by molar-refractivity contribution is 0.543. The van der Waals surface area contributed by atoms with Gasteiger partial charge in [0.25, 0.3) is 0 Å². The molecule has 2 rings (SSSR count). The van der Waals surface area contributed by atoms with Crippen LogP contribution in [-0.2, 0) is 0 Å². The maximum Gasteiger partial charge on any atom is 0.0406 e. The average Bonchev–Trinajstić information content (AvgIpc) is 2.85. The Labute approximate surface area is 131 Å². The van der Waals surface area contributed by atoms with Gasteiger partial charge in [-0.1, -0.05) is 76.0 Å². The second-order valence-corrected chi connectivity index (χ2v) is 6.89. The van der Waals surface area contributed by atoms with Gasteiger partial charge in [0.15, 0.2) is 0 Å². The van der Waals surface area contributed by atoms with Crippen molar-refractivity contribution in [1.82, 2.24) is 0 Å². The number of nitrogens with one attached hydrogen (secondary N) is 1. The Balaban J connectivity index is 1.67. The van der Waals surface area contributed by atoms with Crippen LogP contribution in [0.4, 0.5) is 5.69 Å². The Hall–Kier alpha value is -0.980. The van der Waals surface area contributed by atoms with Gasteiger partial charge >= 0.3 is 0 Å². The van der Waals surface area contributed by atoms with Crippen LogP contribution in [-0.4, -0.2) is 6.54 Å². The molecule has 0 aliphatic carbocycles. The third-order valence-corrected chi connectivity index (χ3v) is 4.88. The monoisotopic (exact) mass is 287 g/mol. The summed E-state index contributed by atoms with van der Waals surface area (Å²) in [6, 6.07) is 4.70. The number of aryl methyl sites for hydroxylation is 2. The third kappa shape index (κ3) is 4.76. The first kappa shape index (κ1) is 16.4. The largest absolute Gasteiger partial charge is 0.384 e. The van der Waals surface area contributed by atoms with Crippen molar-refractivity contribution in [3.8, 4) is 0 Å². The molecule has 1 heterocycles. The Morgan fingerprint density at radius 2 is 1.62 bits per heavy atom. The first-order valence-corrected chi connectivity index (χ1v) is 9.07. The van der Waals surface area contributed by atoms with Crippen molar-refractivity contribution < 1.29 is 0 Å². The van der Waals surface area contributed by atoms with Crippen molar-refractivity contribution in [3.05, 3.63) is 28.8 Å². The Bertz CT molecular complexity index is 436. The zero-order chi connectivity index (χ0) is 15.1. The molecule has 1 aliphatic rings. The van der Waals surface area contributed by atoms with Crippen LogP contribution in [0.3, 0.4) is 0 Å². The first-order valence-electron chi connectivity index (χ1n) is 9.07. The lowest BCUT2D eigenvalue weighted by Gasteiger charge is -2.11. The molecular formula is C20H33N. The van der Waals surface area contributed by atoms with Crippen LogP contribution in [0.15, 0.2) is 12.1 Å². The van der Waals surface area contributed by atoms with Crippen molar-refractivity contribution in [2.45, 2.75) is 84.5 Å². The number of anilines is 1. The highest BCUT2D eigenvalue weighted by Gasteiger charge is 2.23. The molecule has 0 saturated carbocycles. The molecule has 1 atom stereocenters. The minimum absolute atomic E-state index is 0.749. The summed E-state index contributed by atoms with van der Waals surface area (Å²) in [5.41, 5.74) is 5.83. The van der Waals surface area contributed by atoms with Crippen LogP contribution in [0.2, 0.25) is 0 Å². The molecular weight excluding hydrogens is 254 g/mol. The zero-order valence-electron chi connectivity index (χ0n) is 14.3. The van der Waals surface area contributed by atoms with Gasteiger partial charge in [-0.05, 0) is 31.4 Å². The van der Waals surface area contributed by atoms with Crippen LogP contribution < -0.4 is 5.32 Å². The van der Waals surface area contributed by atoms with Crippen LogP contribution in [0.5, 0.6) is 0 Å². The number of benzene rings is 1. The minimum atomic E-state index is 0.749. The summed E-state index contributed by atoms with van der Waals surface area (Å²) in [4.78, 5) is 0. The summed E-state index contributed by atoms with van der Waals surface area (Å²) in [6.07, 6.45) is 12.7. The van der Waals surface area contributed by atoms with Crippen LogP contribution in [0.25, 0.3) is 0 Å². The summed E-state index contributed by atoms with van der Waals surface area (Å²) in [5.74, 6) is 0.749. The Morgan fingerprint density at radius 1 is 0.952 bits per heavy atom. The molecule has 21 heavy (non-hydrogen) atoms. The highest BCUT2D eigenvalue weighted by atomic mass is 14.9. The van der Waals surface area contributed by atoms with Gasteiger partial charge in [-0.2, -0.15) is 0 Å². The van der Waals surface area contributed by atoms with Gasteiger partial charge in [0.1, 0.15) is 0 Å². The number of unbranched alkanes of at least 4 members (excludes halogenated alkanes) is 7.